The summed E-state index contributed by atoms with van der Waals surface area (Å²) < 4.78 is 32.4. The van der Waals surface area contributed by atoms with E-state index in [1.807, 2.05) is 17.7 Å². The minimum atomic E-state index is -3.32. The van der Waals surface area contributed by atoms with Crippen molar-refractivity contribution < 1.29 is 17.9 Å². The Balaban J connectivity index is 1.67. The number of fused-ring (bicyclic) bond motifs is 1. The average Bonchev–Trinajstić information content (AvgIpc) is 3.15. The first kappa shape index (κ1) is 17.7. The smallest absolute Gasteiger partial charge is 0.249 e. The molecule has 1 aromatic carbocycles. The number of hydrogen-bond acceptors (Lipinski definition) is 5. The van der Waals surface area contributed by atoms with Crippen molar-refractivity contribution in [2.24, 2.45) is 7.05 Å². The Hall–Kier alpha value is -2.13. The first-order chi connectivity index (χ1) is 11.8. The van der Waals surface area contributed by atoms with Crippen molar-refractivity contribution >= 4 is 32.7 Å². The summed E-state index contributed by atoms with van der Waals surface area (Å²) in [6.07, 6.45) is 3.06. The molecule has 2 aromatic rings. The Kier molecular flexibility index (Phi) is 4.96. The number of sulfonamides is 1. The minimum absolute atomic E-state index is 0.0732. The zero-order valence-electron chi connectivity index (χ0n) is 14.3. The molecule has 1 aliphatic rings. The Bertz CT molecular complexity index is 885. The molecular formula is C16H22N4O4S. The van der Waals surface area contributed by atoms with Gasteiger partial charge in [0.25, 0.3) is 0 Å². The van der Waals surface area contributed by atoms with Crippen molar-refractivity contribution in [2.75, 3.05) is 24.1 Å². The van der Waals surface area contributed by atoms with E-state index in [-0.39, 0.29) is 12.0 Å². The molecule has 0 aliphatic carbocycles. The van der Waals surface area contributed by atoms with Gasteiger partial charge in [0.15, 0.2) is 0 Å². The molecule has 1 amide bonds. The number of nitrogens with zero attached hydrogens (tertiary/aromatic N) is 2. The summed E-state index contributed by atoms with van der Waals surface area (Å²) in [4.78, 5) is 16.5. The third kappa shape index (κ3) is 4.29. The molecule has 1 aliphatic heterocycles. The number of benzene rings is 1. The number of carbonyl (C=O) groups excluding carboxylic acids is 1. The fraction of sp³-hybridized carbons (Fsp3) is 0.500. The van der Waals surface area contributed by atoms with E-state index >= 15 is 0 Å². The third-order valence-electron chi connectivity index (χ3n) is 4.15. The van der Waals surface area contributed by atoms with Gasteiger partial charge >= 0.3 is 0 Å². The molecule has 0 spiro atoms. The molecule has 1 saturated heterocycles. The van der Waals surface area contributed by atoms with Crippen LogP contribution in [-0.4, -0.2) is 49.4 Å². The Morgan fingerprint density at radius 3 is 2.92 bits per heavy atom. The quantitative estimate of drug-likeness (QED) is 0.787. The maximum atomic E-state index is 11.9. The van der Waals surface area contributed by atoms with Crippen LogP contribution in [0.25, 0.3) is 11.0 Å². The molecule has 2 heterocycles. The van der Waals surface area contributed by atoms with Crippen molar-refractivity contribution in [3.63, 3.8) is 0 Å². The average molecular weight is 366 g/mol. The summed E-state index contributed by atoms with van der Waals surface area (Å²) in [5, 5.41) is 2.88. The predicted octanol–water partition coefficient (Wildman–Crippen LogP) is 0.783. The summed E-state index contributed by atoms with van der Waals surface area (Å²) in [6.45, 7) is 1.12. The van der Waals surface area contributed by atoms with Crippen LogP contribution in [0.4, 0.5) is 5.69 Å². The van der Waals surface area contributed by atoms with Gasteiger partial charge < -0.3 is 14.6 Å². The monoisotopic (exact) mass is 366 g/mol. The number of aryl methyl sites for hydroxylation is 1. The van der Waals surface area contributed by atoms with Gasteiger partial charge in [0, 0.05) is 26.6 Å². The van der Waals surface area contributed by atoms with Gasteiger partial charge in [-0.3, -0.25) is 9.52 Å². The van der Waals surface area contributed by atoms with Crippen LogP contribution in [0.1, 0.15) is 18.7 Å². The molecule has 9 heteroatoms. The number of hydrogen-bond donors (Lipinski definition) is 2. The Labute approximate surface area is 146 Å². The lowest BCUT2D eigenvalue weighted by molar-refractivity contribution is -0.130. The van der Waals surface area contributed by atoms with Crippen LogP contribution < -0.4 is 10.0 Å². The van der Waals surface area contributed by atoms with Crippen LogP contribution in [0, 0.1) is 0 Å². The van der Waals surface area contributed by atoms with Crippen molar-refractivity contribution in [3.8, 4) is 0 Å². The first-order valence-corrected chi connectivity index (χ1v) is 10.0. The largest absolute Gasteiger partial charge is 0.368 e. The highest BCUT2D eigenvalue weighted by Crippen LogP contribution is 2.20. The van der Waals surface area contributed by atoms with Gasteiger partial charge in [-0.2, -0.15) is 0 Å². The molecule has 1 atom stereocenters. The van der Waals surface area contributed by atoms with E-state index in [0.717, 1.165) is 30.4 Å². The number of ether oxygens (including phenoxy) is 1. The van der Waals surface area contributed by atoms with Gasteiger partial charge in [-0.1, -0.05) is 0 Å². The summed E-state index contributed by atoms with van der Waals surface area (Å²) in [7, 11) is -1.43. The second-order valence-electron chi connectivity index (χ2n) is 6.21. The lowest BCUT2D eigenvalue weighted by Crippen LogP contribution is -2.35. The molecule has 1 aromatic heterocycles. The van der Waals surface area contributed by atoms with Crippen LogP contribution in [0.2, 0.25) is 0 Å². The summed E-state index contributed by atoms with van der Waals surface area (Å²) in [5.74, 6) is 0.745. The zero-order chi connectivity index (χ0) is 18.0. The van der Waals surface area contributed by atoms with Gasteiger partial charge in [0.2, 0.25) is 15.9 Å². The molecule has 3 rings (SSSR count). The number of amides is 1. The molecule has 1 fully saturated rings. The molecule has 0 saturated carbocycles. The summed E-state index contributed by atoms with van der Waals surface area (Å²) >= 11 is 0. The predicted molar refractivity (Wildman–Crippen MR) is 94.9 cm³/mol. The second kappa shape index (κ2) is 7.01. The van der Waals surface area contributed by atoms with Gasteiger partial charge in [-0.05, 0) is 31.0 Å². The fourth-order valence-corrected chi connectivity index (χ4v) is 3.50. The number of anilines is 1. The molecule has 1 unspecified atom stereocenters. The van der Waals surface area contributed by atoms with E-state index < -0.39 is 10.0 Å². The van der Waals surface area contributed by atoms with Gasteiger partial charge in [0.1, 0.15) is 11.9 Å². The maximum absolute atomic E-state index is 11.9. The van der Waals surface area contributed by atoms with E-state index in [1.165, 1.54) is 0 Å². The lowest BCUT2D eigenvalue weighted by Gasteiger charge is -2.10. The van der Waals surface area contributed by atoms with E-state index in [9.17, 15) is 13.2 Å². The highest BCUT2D eigenvalue weighted by molar-refractivity contribution is 7.92. The lowest BCUT2D eigenvalue weighted by atomic mass is 10.2. The van der Waals surface area contributed by atoms with Gasteiger partial charge in [-0.25, -0.2) is 13.4 Å². The topological polar surface area (TPSA) is 102 Å². The SMILES string of the molecule is Cn1c(CCNC(=O)C2CCCO2)nc2cc(NS(C)(=O)=O)ccc21. The Morgan fingerprint density at radius 2 is 2.24 bits per heavy atom. The van der Waals surface area contributed by atoms with E-state index in [4.69, 9.17) is 4.74 Å². The molecule has 0 radical (unpaired) electrons. The molecule has 2 N–H and O–H groups in total. The number of aromatic nitrogens is 2. The van der Waals surface area contributed by atoms with Crippen LogP contribution in [0.15, 0.2) is 18.2 Å². The highest BCUT2D eigenvalue weighted by Gasteiger charge is 2.23. The first-order valence-electron chi connectivity index (χ1n) is 8.16. The van der Waals surface area contributed by atoms with Crippen molar-refractivity contribution in [1.29, 1.82) is 0 Å². The normalized spacial score (nSPS) is 17.8. The molecule has 8 nitrogen and oxygen atoms in total. The minimum Gasteiger partial charge on any atom is -0.368 e. The van der Waals surface area contributed by atoms with Crippen LogP contribution in [0.3, 0.4) is 0 Å². The maximum Gasteiger partial charge on any atom is 0.249 e. The van der Waals surface area contributed by atoms with Crippen LogP contribution >= 0.6 is 0 Å². The molecule has 136 valence electrons. The number of carbonyl (C=O) groups is 1. The molecule has 0 bridgehead atoms. The van der Waals surface area contributed by atoms with Gasteiger partial charge in [-0.15, -0.1) is 0 Å². The standard InChI is InChI=1S/C16H22N4O4S/c1-20-13-6-5-11(19-25(2,22)23)10-12(13)18-15(20)7-8-17-16(21)14-4-3-9-24-14/h5-6,10,14,19H,3-4,7-9H2,1-2H3,(H,17,21). The zero-order valence-corrected chi connectivity index (χ0v) is 15.1. The third-order valence-corrected chi connectivity index (χ3v) is 4.75. The van der Waals surface area contributed by atoms with Gasteiger partial charge in [0.05, 0.1) is 23.0 Å². The van der Waals surface area contributed by atoms with Crippen LogP contribution in [-0.2, 0) is 33.0 Å². The second-order valence-corrected chi connectivity index (χ2v) is 7.96. The molecule has 25 heavy (non-hydrogen) atoms. The van der Waals surface area contributed by atoms with E-state index in [0.29, 0.717) is 30.8 Å². The Morgan fingerprint density at radius 1 is 1.44 bits per heavy atom. The summed E-state index contributed by atoms with van der Waals surface area (Å²) in [5.41, 5.74) is 2.09. The number of imidazole rings is 1. The van der Waals surface area contributed by atoms with E-state index in [1.54, 1.807) is 12.1 Å². The van der Waals surface area contributed by atoms with Crippen molar-refractivity contribution in [2.45, 2.75) is 25.4 Å². The van der Waals surface area contributed by atoms with Crippen molar-refractivity contribution in [1.82, 2.24) is 14.9 Å². The number of rotatable bonds is 6. The highest BCUT2D eigenvalue weighted by atomic mass is 32.2. The number of nitrogens with one attached hydrogen (secondary N) is 2. The summed E-state index contributed by atoms with van der Waals surface area (Å²) in [6, 6.07) is 5.23. The van der Waals surface area contributed by atoms with E-state index in [2.05, 4.69) is 15.0 Å². The fourth-order valence-electron chi connectivity index (χ4n) is 2.95. The van der Waals surface area contributed by atoms with Crippen LogP contribution in [0.5, 0.6) is 0 Å². The molecular weight excluding hydrogens is 344 g/mol. The van der Waals surface area contributed by atoms with Crippen molar-refractivity contribution in [3.05, 3.63) is 24.0 Å².